The molecule has 0 saturated heterocycles. The molecule has 0 saturated carbocycles. The summed E-state index contributed by atoms with van der Waals surface area (Å²) in [5.74, 6) is 0.408. The molecule has 1 atom stereocenters. The van der Waals surface area contributed by atoms with Crippen LogP contribution in [0.5, 0.6) is 23.0 Å². The van der Waals surface area contributed by atoms with E-state index in [4.69, 9.17) is 14.6 Å². The number of aromatic hydroxyl groups is 2. The van der Waals surface area contributed by atoms with Crippen LogP contribution in [-0.4, -0.2) is 32.7 Å². The van der Waals surface area contributed by atoms with Gasteiger partial charge in [-0.25, -0.2) is 9.79 Å². The number of thiocarbonyl (C=S) groups is 1. The Balaban J connectivity index is 0.000000342. The molecule has 0 aromatic heterocycles. The maximum absolute atomic E-state index is 12.5. The van der Waals surface area contributed by atoms with Crippen molar-refractivity contribution in [3.05, 3.63) is 82.9 Å². The first-order valence-corrected chi connectivity index (χ1v) is 9.70. The van der Waals surface area contributed by atoms with Crippen LogP contribution in [0.25, 0.3) is 0 Å². The lowest BCUT2D eigenvalue weighted by Crippen LogP contribution is -2.32. The van der Waals surface area contributed by atoms with Crippen LogP contribution in [0, 0.1) is 0 Å². The number of ether oxygens (including phenoxy) is 2. The Morgan fingerprint density at radius 2 is 1.55 bits per heavy atom. The molecule has 2 aliphatic rings. The fraction of sp³-hybridized carbons (Fsp3) is 0.130. The zero-order valence-electron chi connectivity index (χ0n) is 16.3. The summed E-state index contributed by atoms with van der Waals surface area (Å²) in [5, 5.41) is 29.9. The molecule has 1 spiro atoms. The van der Waals surface area contributed by atoms with Crippen molar-refractivity contribution in [3.63, 3.8) is 0 Å². The summed E-state index contributed by atoms with van der Waals surface area (Å²) >= 11 is 4.15. The van der Waals surface area contributed by atoms with Crippen molar-refractivity contribution in [2.45, 2.75) is 18.8 Å². The van der Waals surface area contributed by atoms with Crippen molar-refractivity contribution in [2.24, 2.45) is 4.99 Å². The van der Waals surface area contributed by atoms with E-state index in [-0.39, 0.29) is 11.5 Å². The number of hydrogen-bond donors (Lipinski definition) is 3. The largest absolute Gasteiger partial charge is 0.508 e. The van der Waals surface area contributed by atoms with Gasteiger partial charge in [-0.15, -0.1) is 0 Å². The van der Waals surface area contributed by atoms with Crippen LogP contribution in [0.3, 0.4) is 0 Å². The zero-order valence-corrected chi connectivity index (χ0v) is 17.1. The first kappa shape index (κ1) is 20.6. The maximum atomic E-state index is 12.5. The Kier molecular flexibility index (Phi) is 5.20. The number of aliphatic hydroxyl groups excluding tert-OH is 1. The predicted molar refractivity (Wildman–Crippen MR) is 115 cm³/mol. The number of hydrogen-bond acceptors (Lipinski definition) is 8. The molecule has 0 amide bonds. The number of phenolic OH excluding ortho intramolecular Hbond substituents is 2. The number of isothiocyanates is 1. The van der Waals surface area contributed by atoms with E-state index in [0.717, 1.165) is 0 Å². The van der Waals surface area contributed by atoms with E-state index < -0.39 is 17.8 Å². The fourth-order valence-corrected chi connectivity index (χ4v) is 3.88. The molecule has 0 fully saturated rings. The summed E-state index contributed by atoms with van der Waals surface area (Å²) in [7, 11) is 0. The second-order valence-electron chi connectivity index (χ2n) is 6.93. The molecule has 0 radical (unpaired) electrons. The molecule has 2 aliphatic heterocycles. The number of rotatable bonds is 1. The smallest absolute Gasteiger partial charge is 0.340 e. The van der Waals surface area contributed by atoms with Crippen molar-refractivity contribution < 1.29 is 29.6 Å². The molecule has 8 heteroatoms. The minimum atomic E-state index is -1.17. The topological polar surface area (TPSA) is 109 Å². The molecule has 156 valence electrons. The van der Waals surface area contributed by atoms with Crippen molar-refractivity contribution in [1.29, 1.82) is 0 Å². The number of aliphatic hydroxyl groups is 1. The minimum Gasteiger partial charge on any atom is -0.508 e. The highest BCUT2D eigenvalue weighted by atomic mass is 32.1. The van der Waals surface area contributed by atoms with Gasteiger partial charge in [0.25, 0.3) is 0 Å². The van der Waals surface area contributed by atoms with E-state index >= 15 is 0 Å². The van der Waals surface area contributed by atoms with Crippen LogP contribution in [-0.2, 0) is 10.3 Å². The molecule has 7 nitrogen and oxygen atoms in total. The molecule has 31 heavy (non-hydrogen) atoms. The summed E-state index contributed by atoms with van der Waals surface area (Å²) < 4.78 is 11.8. The number of fused-ring (bicyclic) bond motifs is 6. The quantitative estimate of drug-likeness (QED) is 0.300. The van der Waals surface area contributed by atoms with Gasteiger partial charge in [0, 0.05) is 28.8 Å². The van der Waals surface area contributed by atoms with Crippen LogP contribution in [0.1, 0.15) is 34.0 Å². The fourth-order valence-electron chi connectivity index (χ4n) is 3.73. The Morgan fingerprint density at radius 1 is 0.968 bits per heavy atom. The van der Waals surface area contributed by atoms with Crippen LogP contribution in [0.15, 0.2) is 65.7 Å². The van der Waals surface area contributed by atoms with E-state index in [0.29, 0.717) is 33.8 Å². The van der Waals surface area contributed by atoms with Crippen LogP contribution in [0.4, 0.5) is 0 Å². The van der Waals surface area contributed by atoms with Gasteiger partial charge in [0.1, 0.15) is 23.0 Å². The minimum absolute atomic E-state index is 0.0371. The summed E-state index contributed by atoms with van der Waals surface area (Å²) in [6.07, 6.45) is -0.692. The van der Waals surface area contributed by atoms with E-state index in [1.807, 2.05) is 17.3 Å². The Labute approximate surface area is 182 Å². The highest BCUT2D eigenvalue weighted by molar-refractivity contribution is 7.78. The summed E-state index contributed by atoms with van der Waals surface area (Å²) in [5.41, 5.74) is 1.28. The van der Waals surface area contributed by atoms with Crippen LogP contribution >= 0.6 is 12.2 Å². The highest BCUT2D eigenvalue weighted by Crippen LogP contribution is 2.56. The molecular formula is C23H17NO6S. The van der Waals surface area contributed by atoms with Gasteiger partial charge >= 0.3 is 5.97 Å². The molecule has 3 aromatic rings. The summed E-state index contributed by atoms with van der Waals surface area (Å²) in [6, 6.07) is 16.6. The number of benzene rings is 3. The van der Waals surface area contributed by atoms with Gasteiger partial charge in [-0.2, -0.15) is 0 Å². The highest BCUT2D eigenvalue weighted by Gasteiger charge is 2.53. The van der Waals surface area contributed by atoms with Gasteiger partial charge in [0.2, 0.25) is 0 Å². The van der Waals surface area contributed by atoms with E-state index in [1.165, 1.54) is 31.2 Å². The molecular weight excluding hydrogens is 418 g/mol. The Hall–Kier alpha value is -3.71. The molecule has 3 aromatic carbocycles. The van der Waals surface area contributed by atoms with Crippen molar-refractivity contribution in [3.8, 4) is 23.0 Å². The van der Waals surface area contributed by atoms with Crippen molar-refractivity contribution >= 4 is 23.3 Å². The van der Waals surface area contributed by atoms with Gasteiger partial charge in [-0.3, -0.25) is 0 Å². The Morgan fingerprint density at radius 3 is 2.06 bits per heavy atom. The van der Waals surface area contributed by atoms with Gasteiger partial charge in [-0.1, -0.05) is 18.2 Å². The molecule has 1 unspecified atom stereocenters. The SMILES string of the molecule is CC(O)N=C=S.O=C1OC2(c3ccc(O)cc3Oc3cc(O)ccc32)c2ccccc21. The molecule has 0 bridgehead atoms. The van der Waals surface area contributed by atoms with E-state index in [9.17, 15) is 15.0 Å². The molecule has 0 aliphatic carbocycles. The Bertz CT molecular complexity index is 1180. The van der Waals surface area contributed by atoms with Gasteiger partial charge < -0.3 is 24.8 Å². The molecule has 5 rings (SSSR count). The normalized spacial score (nSPS) is 15.1. The van der Waals surface area contributed by atoms with E-state index in [2.05, 4.69) is 17.2 Å². The third-order valence-corrected chi connectivity index (χ3v) is 5.03. The van der Waals surface area contributed by atoms with Crippen LogP contribution in [0.2, 0.25) is 0 Å². The average Bonchev–Trinajstić information content (AvgIpc) is 3.01. The first-order chi connectivity index (χ1) is 14.9. The van der Waals surface area contributed by atoms with Crippen molar-refractivity contribution in [1.82, 2.24) is 0 Å². The maximum Gasteiger partial charge on any atom is 0.340 e. The number of nitrogens with zero attached hydrogens (tertiary/aromatic N) is 1. The third kappa shape index (κ3) is 3.43. The molecule has 2 heterocycles. The number of phenols is 2. The first-order valence-electron chi connectivity index (χ1n) is 9.29. The lowest BCUT2D eigenvalue weighted by Gasteiger charge is -2.36. The number of esters is 1. The zero-order chi connectivity index (χ0) is 22.2. The van der Waals surface area contributed by atoms with Gasteiger partial charge in [0.15, 0.2) is 11.8 Å². The average molecular weight is 435 g/mol. The summed E-state index contributed by atoms with van der Waals surface area (Å²) in [6.45, 7) is 1.51. The van der Waals surface area contributed by atoms with Gasteiger partial charge in [-0.05, 0) is 49.5 Å². The lowest BCUT2D eigenvalue weighted by atomic mass is 9.77. The monoisotopic (exact) mass is 435 g/mol. The molecule has 3 N–H and O–H groups in total. The van der Waals surface area contributed by atoms with E-state index in [1.54, 1.807) is 24.3 Å². The second-order valence-corrected chi connectivity index (χ2v) is 7.11. The van der Waals surface area contributed by atoms with Gasteiger partial charge in [0.05, 0.1) is 10.7 Å². The van der Waals surface area contributed by atoms with Crippen LogP contribution < -0.4 is 4.74 Å². The number of aliphatic imine (C=N–C) groups is 1. The predicted octanol–water partition coefficient (Wildman–Crippen LogP) is 4.09. The van der Waals surface area contributed by atoms with Crippen molar-refractivity contribution in [2.75, 3.05) is 0 Å². The standard InChI is InChI=1S/C20H12O5.C3H5NOS/c21-11-5-7-15-17(9-11)24-18-10-12(22)6-8-16(18)20(15)14-4-2-1-3-13(14)19(23)25-20;1-3(5)4-2-6/h1-10,21-22H;3,5H,1H3. The second kappa shape index (κ2) is 7.85. The summed E-state index contributed by atoms with van der Waals surface area (Å²) in [4.78, 5) is 15.8. The third-order valence-electron chi connectivity index (χ3n) is 4.92. The number of carbonyl (C=O) groups excluding carboxylic acids is 1. The lowest BCUT2D eigenvalue weighted by molar-refractivity contribution is 0.0224. The number of carbonyl (C=O) groups is 1.